The van der Waals surface area contributed by atoms with E-state index in [1.165, 1.54) is 5.56 Å². The highest BCUT2D eigenvalue weighted by Gasteiger charge is 1.99. The van der Waals surface area contributed by atoms with E-state index < -0.39 is 0 Å². The minimum atomic E-state index is 0.883. The fraction of sp³-hybridized carbons (Fsp3) is 0.308. The van der Waals surface area contributed by atoms with Crippen molar-refractivity contribution in [2.75, 3.05) is 6.54 Å². The molecule has 0 saturated carbocycles. The molecule has 3 nitrogen and oxygen atoms in total. The molecule has 1 heterocycles. The largest absolute Gasteiger partial charge is 0.312 e. The van der Waals surface area contributed by atoms with Gasteiger partial charge in [0.2, 0.25) is 0 Å². The van der Waals surface area contributed by atoms with E-state index in [-0.39, 0.29) is 0 Å². The molecule has 0 aliphatic rings. The lowest BCUT2D eigenvalue weighted by Gasteiger charge is -2.05. The Morgan fingerprint density at radius 3 is 2.82 bits per heavy atom. The van der Waals surface area contributed by atoms with Crippen LogP contribution in [0, 0.1) is 0 Å². The summed E-state index contributed by atoms with van der Waals surface area (Å²) in [7, 11) is 1.94. The highest BCUT2D eigenvalue weighted by atomic mass is 79.9. The van der Waals surface area contributed by atoms with Gasteiger partial charge in [0, 0.05) is 37.2 Å². The number of hydrogen-bond donors (Lipinski definition) is 1. The van der Waals surface area contributed by atoms with E-state index in [0.717, 1.165) is 29.7 Å². The molecule has 1 N–H and O–H groups in total. The molecule has 0 aliphatic carbocycles. The molecule has 0 unspecified atom stereocenters. The Bertz CT molecular complexity index is 479. The maximum atomic E-state index is 4.34. The first-order valence-corrected chi connectivity index (χ1v) is 6.47. The average Bonchev–Trinajstić information content (AvgIpc) is 2.73. The molecule has 90 valence electrons. The van der Waals surface area contributed by atoms with Crippen molar-refractivity contribution in [1.82, 2.24) is 15.1 Å². The summed E-state index contributed by atoms with van der Waals surface area (Å²) in [5.74, 6) is 0. The van der Waals surface area contributed by atoms with Crippen LogP contribution in [0.3, 0.4) is 0 Å². The van der Waals surface area contributed by atoms with Gasteiger partial charge in [0.05, 0.1) is 5.69 Å². The third-order valence-corrected chi connectivity index (χ3v) is 3.37. The van der Waals surface area contributed by atoms with E-state index in [1.807, 2.05) is 24.0 Å². The predicted octanol–water partition coefficient (Wildman–Crippen LogP) is 2.51. The van der Waals surface area contributed by atoms with Crippen molar-refractivity contribution in [3.63, 3.8) is 0 Å². The average molecular weight is 294 g/mol. The molecule has 0 atom stereocenters. The lowest BCUT2D eigenvalue weighted by molar-refractivity contribution is 0.664. The zero-order chi connectivity index (χ0) is 12.1. The van der Waals surface area contributed by atoms with Crippen LogP contribution >= 0.6 is 15.9 Å². The minimum Gasteiger partial charge on any atom is -0.312 e. The van der Waals surface area contributed by atoms with Gasteiger partial charge in [-0.05, 0) is 17.7 Å². The Labute approximate surface area is 110 Å². The van der Waals surface area contributed by atoms with Crippen molar-refractivity contribution in [3.8, 4) is 0 Å². The van der Waals surface area contributed by atoms with Crippen molar-refractivity contribution < 1.29 is 0 Å². The van der Waals surface area contributed by atoms with Crippen molar-refractivity contribution in [1.29, 1.82) is 0 Å². The first-order valence-electron chi connectivity index (χ1n) is 5.68. The summed E-state index contributed by atoms with van der Waals surface area (Å²) in [6, 6.07) is 10.3. The highest BCUT2D eigenvalue weighted by molar-refractivity contribution is 9.10. The van der Waals surface area contributed by atoms with Gasteiger partial charge in [-0.25, -0.2) is 0 Å². The molecule has 0 spiro atoms. The Morgan fingerprint density at radius 2 is 2.12 bits per heavy atom. The molecule has 1 aromatic heterocycles. The van der Waals surface area contributed by atoms with Crippen molar-refractivity contribution >= 4 is 15.9 Å². The van der Waals surface area contributed by atoms with Crippen LogP contribution in [0.15, 0.2) is 41.0 Å². The summed E-state index contributed by atoms with van der Waals surface area (Å²) >= 11 is 3.54. The minimum absolute atomic E-state index is 0.883. The van der Waals surface area contributed by atoms with E-state index in [9.17, 15) is 0 Å². The molecule has 17 heavy (non-hydrogen) atoms. The molecule has 0 saturated heterocycles. The molecule has 4 heteroatoms. The molecule has 0 aliphatic heterocycles. The van der Waals surface area contributed by atoms with Gasteiger partial charge in [-0.2, -0.15) is 5.10 Å². The molecular formula is C13H16BrN3. The molecule has 0 amide bonds. The van der Waals surface area contributed by atoms with Crippen LogP contribution in [0.2, 0.25) is 0 Å². The second-order valence-electron chi connectivity index (χ2n) is 4.00. The normalized spacial score (nSPS) is 10.7. The van der Waals surface area contributed by atoms with Crippen molar-refractivity contribution in [3.05, 3.63) is 52.3 Å². The summed E-state index contributed by atoms with van der Waals surface area (Å²) in [5, 5.41) is 7.76. The lowest BCUT2D eigenvalue weighted by Crippen LogP contribution is -2.17. The summed E-state index contributed by atoms with van der Waals surface area (Å²) < 4.78 is 2.99. The van der Waals surface area contributed by atoms with Crippen LogP contribution in [-0.2, 0) is 20.0 Å². The molecule has 0 radical (unpaired) electrons. The van der Waals surface area contributed by atoms with Gasteiger partial charge in [-0.1, -0.05) is 34.1 Å². The van der Waals surface area contributed by atoms with E-state index in [1.54, 1.807) is 0 Å². The predicted molar refractivity (Wildman–Crippen MR) is 72.8 cm³/mol. The van der Waals surface area contributed by atoms with Crippen LogP contribution in [0.25, 0.3) is 0 Å². The monoisotopic (exact) mass is 293 g/mol. The highest BCUT2D eigenvalue weighted by Crippen LogP contribution is 2.15. The van der Waals surface area contributed by atoms with E-state index in [2.05, 4.69) is 50.6 Å². The fourth-order valence-corrected chi connectivity index (χ4v) is 2.10. The van der Waals surface area contributed by atoms with E-state index in [0.29, 0.717) is 0 Å². The van der Waals surface area contributed by atoms with Gasteiger partial charge in [0.1, 0.15) is 0 Å². The van der Waals surface area contributed by atoms with Crippen LogP contribution in [0.1, 0.15) is 11.3 Å². The summed E-state index contributed by atoms with van der Waals surface area (Å²) in [5.41, 5.74) is 2.42. The Hall–Kier alpha value is -1.13. The van der Waals surface area contributed by atoms with Crippen LogP contribution in [0.5, 0.6) is 0 Å². The Morgan fingerprint density at radius 1 is 1.29 bits per heavy atom. The first-order chi connectivity index (χ1) is 8.25. The standard InChI is InChI=1S/C13H16BrN3/c1-17-9-7-12(16-17)6-8-15-10-11-4-2-3-5-13(11)14/h2-5,7,9,15H,6,8,10H2,1H3. The SMILES string of the molecule is Cn1ccc(CCNCc2ccccc2Br)n1. The van der Waals surface area contributed by atoms with Gasteiger partial charge in [0.15, 0.2) is 0 Å². The number of halogens is 1. The lowest BCUT2D eigenvalue weighted by atomic mass is 10.2. The molecule has 1 aromatic carbocycles. The van der Waals surface area contributed by atoms with Crippen LogP contribution in [0.4, 0.5) is 0 Å². The third-order valence-electron chi connectivity index (χ3n) is 2.60. The number of hydrogen-bond acceptors (Lipinski definition) is 2. The van der Waals surface area contributed by atoms with Crippen molar-refractivity contribution in [2.24, 2.45) is 7.05 Å². The summed E-state index contributed by atoms with van der Waals surface area (Å²) in [6.45, 7) is 1.83. The molecule has 2 aromatic rings. The number of nitrogens with zero attached hydrogens (tertiary/aromatic N) is 2. The Kier molecular flexibility index (Phi) is 4.34. The van der Waals surface area contributed by atoms with E-state index in [4.69, 9.17) is 0 Å². The summed E-state index contributed by atoms with van der Waals surface area (Å²) in [4.78, 5) is 0. The summed E-state index contributed by atoms with van der Waals surface area (Å²) in [6.07, 6.45) is 2.94. The second-order valence-corrected chi connectivity index (χ2v) is 4.85. The number of rotatable bonds is 5. The third kappa shape index (κ3) is 3.68. The fourth-order valence-electron chi connectivity index (χ4n) is 1.68. The van der Waals surface area contributed by atoms with Gasteiger partial charge >= 0.3 is 0 Å². The van der Waals surface area contributed by atoms with Gasteiger partial charge in [-0.15, -0.1) is 0 Å². The van der Waals surface area contributed by atoms with Crippen LogP contribution < -0.4 is 5.32 Å². The van der Waals surface area contributed by atoms with Gasteiger partial charge in [0.25, 0.3) is 0 Å². The maximum absolute atomic E-state index is 4.34. The maximum Gasteiger partial charge on any atom is 0.0637 e. The number of aromatic nitrogens is 2. The quantitative estimate of drug-likeness (QED) is 0.859. The first kappa shape index (κ1) is 12.3. The molecule has 0 bridgehead atoms. The molecular weight excluding hydrogens is 278 g/mol. The topological polar surface area (TPSA) is 29.9 Å². The van der Waals surface area contributed by atoms with Gasteiger partial charge in [-0.3, -0.25) is 4.68 Å². The zero-order valence-electron chi connectivity index (χ0n) is 9.86. The molecule has 2 rings (SSSR count). The molecule has 0 fully saturated rings. The zero-order valence-corrected chi connectivity index (χ0v) is 11.4. The van der Waals surface area contributed by atoms with Crippen LogP contribution in [-0.4, -0.2) is 16.3 Å². The van der Waals surface area contributed by atoms with Crippen molar-refractivity contribution in [2.45, 2.75) is 13.0 Å². The second kappa shape index (κ2) is 5.98. The Balaban J connectivity index is 1.75. The van der Waals surface area contributed by atoms with E-state index >= 15 is 0 Å². The number of nitrogens with one attached hydrogen (secondary N) is 1. The van der Waals surface area contributed by atoms with Gasteiger partial charge < -0.3 is 5.32 Å². The number of aryl methyl sites for hydroxylation is 1. The smallest absolute Gasteiger partial charge is 0.0637 e. The number of benzene rings is 1.